The molecule has 1 aromatic carbocycles. The number of rotatable bonds is 7. The number of esters is 1. The second-order valence-electron chi connectivity index (χ2n) is 4.92. The molecule has 6 heteroatoms. The van der Waals surface area contributed by atoms with Crippen LogP contribution in [0.1, 0.15) is 20.3 Å². The lowest BCUT2D eigenvalue weighted by atomic mass is 10.1. The molecule has 0 amide bonds. The van der Waals surface area contributed by atoms with Crippen molar-refractivity contribution in [3.05, 3.63) is 18.2 Å². The molecule has 0 saturated heterocycles. The van der Waals surface area contributed by atoms with Crippen LogP contribution in [-0.4, -0.2) is 37.2 Å². The predicted molar refractivity (Wildman–Crippen MR) is 74.5 cm³/mol. The van der Waals surface area contributed by atoms with Crippen LogP contribution < -0.4 is 14.2 Å². The van der Waals surface area contributed by atoms with Gasteiger partial charge in [0.05, 0.1) is 5.92 Å². The molecule has 1 aromatic rings. The number of aliphatic hydroxyl groups excluding tert-OH is 1. The van der Waals surface area contributed by atoms with Crippen molar-refractivity contribution < 1.29 is 28.8 Å². The van der Waals surface area contributed by atoms with Crippen molar-refractivity contribution in [2.75, 3.05) is 20.0 Å². The summed E-state index contributed by atoms with van der Waals surface area (Å²) in [5.74, 6) is 1.38. The molecule has 2 rings (SSSR count). The van der Waals surface area contributed by atoms with Gasteiger partial charge in [-0.1, -0.05) is 13.8 Å². The van der Waals surface area contributed by atoms with E-state index in [4.69, 9.17) is 18.9 Å². The van der Waals surface area contributed by atoms with Crippen LogP contribution in [0.15, 0.2) is 18.2 Å². The molecule has 0 radical (unpaired) electrons. The molecule has 2 unspecified atom stereocenters. The van der Waals surface area contributed by atoms with Gasteiger partial charge in [0.25, 0.3) is 0 Å². The Labute approximate surface area is 123 Å². The van der Waals surface area contributed by atoms with Gasteiger partial charge >= 0.3 is 5.97 Å². The molecule has 0 bridgehead atoms. The maximum absolute atomic E-state index is 11.5. The standard InChI is InChI=1S/C15H20O6/c1-3-10(2)15(17)19-8-11(16)7-18-12-4-5-13-14(6-12)21-9-20-13/h4-6,10-11,16H,3,7-9H2,1-2H3. The lowest BCUT2D eigenvalue weighted by Gasteiger charge is -2.14. The molecule has 1 heterocycles. The summed E-state index contributed by atoms with van der Waals surface area (Å²) in [6, 6.07) is 5.17. The summed E-state index contributed by atoms with van der Waals surface area (Å²) in [6.45, 7) is 3.86. The first-order valence-electron chi connectivity index (χ1n) is 6.97. The summed E-state index contributed by atoms with van der Waals surface area (Å²) in [4.78, 5) is 11.5. The Balaban J connectivity index is 1.74. The fraction of sp³-hybridized carbons (Fsp3) is 0.533. The number of carbonyl (C=O) groups is 1. The molecule has 0 spiro atoms. The predicted octanol–water partition coefficient (Wildman–Crippen LogP) is 1.74. The van der Waals surface area contributed by atoms with Crippen molar-refractivity contribution in [1.29, 1.82) is 0 Å². The van der Waals surface area contributed by atoms with E-state index in [0.717, 1.165) is 0 Å². The fourth-order valence-electron chi connectivity index (χ4n) is 1.69. The normalized spacial score (nSPS) is 15.4. The van der Waals surface area contributed by atoms with Gasteiger partial charge in [0.1, 0.15) is 25.1 Å². The van der Waals surface area contributed by atoms with Crippen LogP contribution in [0.2, 0.25) is 0 Å². The zero-order valence-electron chi connectivity index (χ0n) is 12.2. The van der Waals surface area contributed by atoms with Crippen LogP contribution in [-0.2, 0) is 9.53 Å². The van der Waals surface area contributed by atoms with Gasteiger partial charge in [-0.25, -0.2) is 0 Å². The van der Waals surface area contributed by atoms with Crippen LogP contribution in [0.4, 0.5) is 0 Å². The third kappa shape index (κ3) is 4.26. The van der Waals surface area contributed by atoms with Crippen molar-refractivity contribution in [2.24, 2.45) is 5.92 Å². The maximum Gasteiger partial charge on any atom is 0.308 e. The van der Waals surface area contributed by atoms with Crippen LogP contribution in [0.3, 0.4) is 0 Å². The Kier molecular flexibility index (Phi) is 5.27. The molecular formula is C15H20O6. The van der Waals surface area contributed by atoms with Gasteiger partial charge in [-0.2, -0.15) is 0 Å². The Morgan fingerprint density at radius 3 is 2.86 bits per heavy atom. The minimum atomic E-state index is -0.872. The number of aliphatic hydroxyl groups is 1. The Bertz CT molecular complexity index is 487. The van der Waals surface area contributed by atoms with E-state index in [-0.39, 0.29) is 31.9 Å². The smallest absolute Gasteiger partial charge is 0.308 e. The highest BCUT2D eigenvalue weighted by Gasteiger charge is 2.16. The van der Waals surface area contributed by atoms with Crippen LogP contribution in [0, 0.1) is 5.92 Å². The highest BCUT2D eigenvalue weighted by atomic mass is 16.7. The molecule has 0 saturated carbocycles. The Hall–Kier alpha value is -1.95. The largest absolute Gasteiger partial charge is 0.491 e. The molecule has 116 valence electrons. The van der Waals surface area contributed by atoms with Crippen molar-refractivity contribution in [1.82, 2.24) is 0 Å². The lowest BCUT2D eigenvalue weighted by Crippen LogP contribution is -2.27. The van der Waals surface area contributed by atoms with Crippen LogP contribution in [0.5, 0.6) is 17.2 Å². The van der Waals surface area contributed by atoms with Gasteiger partial charge in [0.15, 0.2) is 11.5 Å². The highest BCUT2D eigenvalue weighted by Crippen LogP contribution is 2.35. The average molecular weight is 296 g/mol. The number of hydrogen-bond donors (Lipinski definition) is 1. The molecule has 6 nitrogen and oxygen atoms in total. The SMILES string of the molecule is CCC(C)C(=O)OCC(O)COc1ccc2c(c1)OCO2. The van der Waals surface area contributed by atoms with E-state index in [2.05, 4.69) is 0 Å². The highest BCUT2D eigenvalue weighted by molar-refractivity contribution is 5.71. The van der Waals surface area contributed by atoms with Crippen molar-refractivity contribution >= 4 is 5.97 Å². The Morgan fingerprint density at radius 2 is 2.10 bits per heavy atom. The van der Waals surface area contributed by atoms with Crippen LogP contribution >= 0.6 is 0 Å². The summed E-state index contributed by atoms with van der Waals surface area (Å²) in [5, 5.41) is 9.75. The number of fused-ring (bicyclic) bond motifs is 1. The van der Waals surface area contributed by atoms with Crippen molar-refractivity contribution in [3.63, 3.8) is 0 Å². The number of hydrogen-bond acceptors (Lipinski definition) is 6. The fourth-order valence-corrected chi connectivity index (χ4v) is 1.69. The topological polar surface area (TPSA) is 74.2 Å². The number of carbonyl (C=O) groups excluding carboxylic acids is 1. The van der Waals surface area contributed by atoms with Gasteiger partial charge in [-0.05, 0) is 18.6 Å². The molecule has 2 atom stereocenters. The molecule has 1 N–H and O–H groups in total. The maximum atomic E-state index is 11.5. The molecule has 1 aliphatic rings. The van der Waals surface area contributed by atoms with E-state index in [0.29, 0.717) is 23.7 Å². The minimum Gasteiger partial charge on any atom is -0.491 e. The van der Waals surface area contributed by atoms with Gasteiger partial charge in [-0.15, -0.1) is 0 Å². The summed E-state index contributed by atoms with van der Waals surface area (Å²) >= 11 is 0. The zero-order chi connectivity index (χ0) is 15.2. The van der Waals surface area contributed by atoms with E-state index < -0.39 is 6.10 Å². The summed E-state index contributed by atoms with van der Waals surface area (Å²) in [5.41, 5.74) is 0. The summed E-state index contributed by atoms with van der Waals surface area (Å²) < 4.78 is 20.9. The van der Waals surface area contributed by atoms with Crippen molar-refractivity contribution in [3.8, 4) is 17.2 Å². The Morgan fingerprint density at radius 1 is 1.33 bits per heavy atom. The van der Waals surface area contributed by atoms with Gasteiger partial charge in [0, 0.05) is 6.07 Å². The molecule has 0 aliphatic carbocycles. The van der Waals surface area contributed by atoms with Gasteiger partial charge in [-0.3, -0.25) is 4.79 Å². The number of benzene rings is 1. The molecule has 21 heavy (non-hydrogen) atoms. The average Bonchev–Trinajstić information content (AvgIpc) is 2.97. The van der Waals surface area contributed by atoms with Crippen molar-refractivity contribution in [2.45, 2.75) is 26.4 Å². The first-order valence-corrected chi connectivity index (χ1v) is 6.97. The summed E-state index contributed by atoms with van der Waals surface area (Å²) in [7, 11) is 0. The summed E-state index contributed by atoms with van der Waals surface area (Å²) in [6.07, 6.45) is -0.161. The molecule has 0 aromatic heterocycles. The van der Waals surface area contributed by atoms with Gasteiger partial charge < -0.3 is 24.1 Å². The first kappa shape index (κ1) is 15.4. The second kappa shape index (κ2) is 7.17. The van der Waals surface area contributed by atoms with E-state index >= 15 is 0 Å². The lowest BCUT2D eigenvalue weighted by molar-refractivity contribution is -0.151. The first-order chi connectivity index (χ1) is 10.1. The monoisotopic (exact) mass is 296 g/mol. The molecule has 0 fully saturated rings. The third-order valence-corrected chi connectivity index (χ3v) is 3.22. The van der Waals surface area contributed by atoms with E-state index in [1.807, 2.05) is 6.92 Å². The zero-order valence-corrected chi connectivity index (χ0v) is 12.2. The van der Waals surface area contributed by atoms with Crippen LogP contribution in [0.25, 0.3) is 0 Å². The number of ether oxygens (including phenoxy) is 4. The van der Waals surface area contributed by atoms with E-state index in [9.17, 15) is 9.90 Å². The second-order valence-corrected chi connectivity index (χ2v) is 4.92. The molecular weight excluding hydrogens is 276 g/mol. The molecule has 1 aliphatic heterocycles. The van der Waals surface area contributed by atoms with Gasteiger partial charge in [0.2, 0.25) is 6.79 Å². The third-order valence-electron chi connectivity index (χ3n) is 3.22. The van der Waals surface area contributed by atoms with E-state index in [1.165, 1.54) is 0 Å². The quantitative estimate of drug-likeness (QED) is 0.773. The van der Waals surface area contributed by atoms with E-state index in [1.54, 1.807) is 25.1 Å². The minimum absolute atomic E-state index is 0.0351.